The van der Waals surface area contributed by atoms with E-state index >= 15 is 0 Å². The zero-order valence-corrected chi connectivity index (χ0v) is 16.0. The summed E-state index contributed by atoms with van der Waals surface area (Å²) in [4.78, 5) is 25.2. The average molecular weight is 360 g/mol. The Morgan fingerprint density at radius 1 is 1.12 bits per heavy atom. The minimum atomic E-state index is -0.556. The van der Waals surface area contributed by atoms with Gasteiger partial charge in [-0.3, -0.25) is 9.59 Å². The maximum Gasteiger partial charge on any atom is 0.242 e. The number of amides is 2. The first kappa shape index (κ1) is 20.4. The van der Waals surface area contributed by atoms with Crippen molar-refractivity contribution < 1.29 is 9.59 Å². The molecule has 2 rings (SSSR count). The van der Waals surface area contributed by atoms with Crippen molar-refractivity contribution >= 4 is 11.8 Å². The highest BCUT2D eigenvalue weighted by Crippen LogP contribution is 2.33. The number of hydrogen-bond donors (Lipinski definition) is 3. The van der Waals surface area contributed by atoms with E-state index in [4.69, 9.17) is 5.73 Å². The number of hydrogen-bond acceptors (Lipinski definition) is 3. The summed E-state index contributed by atoms with van der Waals surface area (Å²) < 4.78 is 0. The molecule has 0 radical (unpaired) electrons. The van der Waals surface area contributed by atoms with Crippen molar-refractivity contribution in [1.82, 2.24) is 10.6 Å². The molecule has 0 bridgehead atoms. The smallest absolute Gasteiger partial charge is 0.242 e. The lowest BCUT2D eigenvalue weighted by Crippen LogP contribution is -2.50. The van der Waals surface area contributed by atoms with Gasteiger partial charge in [0.2, 0.25) is 11.8 Å². The van der Waals surface area contributed by atoms with Crippen molar-refractivity contribution in [3.63, 3.8) is 0 Å². The van der Waals surface area contributed by atoms with E-state index in [0.717, 1.165) is 31.2 Å². The molecule has 26 heavy (non-hydrogen) atoms. The van der Waals surface area contributed by atoms with Gasteiger partial charge in [-0.05, 0) is 43.1 Å². The van der Waals surface area contributed by atoms with Crippen LogP contribution in [0.25, 0.3) is 0 Å². The largest absolute Gasteiger partial charge is 0.353 e. The highest BCUT2D eigenvalue weighted by atomic mass is 16.2. The van der Waals surface area contributed by atoms with Crippen LogP contribution in [0.1, 0.15) is 45.1 Å². The van der Waals surface area contributed by atoms with Crippen LogP contribution in [-0.4, -0.2) is 30.9 Å². The molecule has 4 N–H and O–H groups in total. The second-order valence-electron chi connectivity index (χ2n) is 7.69. The maximum atomic E-state index is 12.7. The number of carbonyl (C=O) groups is 2. The van der Waals surface area contributed by atoms with Crippen LogP contribution in [0.2, 0.25) is 0 Å². The van der Waals surface area contributed by atoms with Gasteiger partial charge in [-0.1, -0.05) is 44.2 Å². The zero-order chi connectivity index (χ0) is 18.9. The lowest BCUT2D eigenvalue weighted by Gasteiger charge is -2.31. The topological polar surface area (TPSA) is 84.2 Å². The Morgan fingerprint density at radius 2 is 1.77 bits per heavy atom. The molecule has 0 aliphatic heterocycles. The normalized spacial score (nSPS) is 21.2. The van der Waals surface area contributed by atoms with Crippen molar-refractivity contribution in [1.29, 1.82) is 0 Å². The van der Waals surface area contributed by atoms with Crippen LogP contribution in [0.3, 0.4) is 0 Å². The van der Waals surface area contributed by atoms with Gasteiger partial charge in [-0.15, -0.1) is 0 Å². The van der Waals surface area contributed by atoms with Crippen LogP contribution in [-0.2, 0) is 16.0 Å². The van der Waals surface area contributed by atoms with Gasteiger partial charge in [0.15, 0.2) is 0 Å². The van der Waals surface area contributed by atoms with Gasteiger partial charge in [-0.25, -0.2) is 0 Å². The van der Waals surface area contributed by atoms with Crippen LogP contribution >= 0.6 is 0 Å². The Morgan fingerprint density at radius 3 is 2.35 bits per heavy atom. The molecule has 5 heteroatoms. The van der Waals surface area contributed by atoms with Gasteiger partial charge in [-0.2, -0.15) is 0 Å². The third kappa shape index (κ3) is 6.13. The summed E-state index contributed by atoms with van der Waals surface area (Å²) in [5.74, 6) is 1.25. The van der Waals surface area contributed by atoms with E-state index in [2.05, 4.69) is 24.5 Å². The molecule has 0 heterocycles. The summed E-state index contributed by atoms with van der Waals surface area (Å²) in [6, 6.07) is 9.23. The fraction of sp³-hybridized carbons (Fsp3) is 0.619. The van der Waals surface area contributed by atoms with Gasteiger partial charge in [0.25, 0.3) is 0 Å². The van der Waals surface area contributed by atoms with Gasteiger partial charge in [0, 0.05) is 25.4 Å². The molecule has 1 saturated carbocycles. The second-order valence-corrected chi connectivity index (χ2v) is 7.69. The van der Waals surface area contributed by atoms with Crippen molar-refractivity contribution in [3.05, 3.63) is 35.9 Å². The number of nitrogens with two attached hydrogens (primary N) is 1. The van der Waals surface area contributed by atoms with E-state index in [1.165, 1.54) is 0 Å². The monoisotopic (exact) mass is 359 g/mol. The molecule has 0 saturated heterocycles. The molecule has 0 spiro atoms. The molecular formula is C21H33N3O2. The highest BCUT2D eigenvalue weighted by Gasteiger charge is 2.30. The predicted molar refractivity (Wildman–Crippen MR) is 104 cm³/mol. The zero-order valence-electron chi connectivity index (χ0n) is 16.0. The van der Waals surface area contributed by atoms with E-state index in [9.17, 15) is 9.59 Å². The van der Waals surface area contributed by atoms with Gasteiger partial charge < -0.3 is 16.4 Å². The molecule has 1 aromatic carbocycles. The lowest BCUT2D eigenvalue weighted by atomic mass is 9.76. The number of carbonyl (C=O) groups excluding carboxylic acids is 2. The molecule has 2 amide bonds. The minimum Gasteiger partial charge on any atom is -0.353 e. The van der Waals surface area contributed by atoms with E-state index in [1.54, 1.807) is 0 Å². The first-order valence-electron chi connectivity index (χ1n) is 9.83. The van der Waals surface area contributed by atoms with Crippen LogP contribution in [0.4, 0.5) is 0 Å². The fourth-order valence-corrected chi connectivity index (χ4v) is 3.72. The Kier molecular flexibility index (Phi) is 8.10. The highest BCUT2D eigenvalue weighted by molar-refractivity contribution is 5.88. The SMILES string of the molecule is CC(C)[C@H]1CC[C@H](C(=O)N[C@H](Cc2ccccc2)C(=O)NCCN)CC1. The lowest BCUT2D eigenvalue weighted by molar-refractivity contribution is -0.132. The summed E-state index contributed by atoms with van der Waals surface area (Å²) in [6.45, 7) is 5.31. The van der Waals surface area contributed by atoms with Crippen molar-refractivity contribution in [3.8, 4) is 0 Å². The number of nitrogens with one attached hydrogen (secondary N) is 2. The van der Waals surface area contributed by atoms with E-state index in [-0.39, 0.29) is 17.7 Å². The summed E-state index contributed by atoms with van der Waals surface area (Å²) in [6.07, 6.45) is 4.51. The molecule has 1 aliphatic carbocycles. The number of rotatable bonds is 8. The van der Waals surface area contributed by atoms with Crippen molar-refractivity contribution in [2.24, 2.45) is 23.5 Å². The standard InChI is InChI=1S/C21H33N3O2/c1-15(2)17-8-10-18(11-9-17)20(25)24-19(21(26)23-13-12-22)14-16-6-4-3-5-7-16/h3-7,15,17-19H,8-14,22H2,1-2H3,(H,23,26)(H,24,25)/t17-,18-,19-/m1/s1. The first-order valence-corrected chi connectivity index (χ1v) is 9.83. The van der Waals surface area contributed by atoms with Crippen molar-refractivity contribution in [2.75, 3.05) is 13.1 Å². The van der Waals surface area contributed by atoms with E-state index in [0.29, 0.717) is 31.3 Å². The average Bonchev–Trinajstić information content (AvgIpc) is 2.66. The third-order valence-corrected chi connectivity index (χ3v) is 5.44. The Balaban J connectivity index is 1.96. The number of benzene rings is 1. The van der Waals surface area contributed by atoms with Crippen molar-refractivity contribution in [2.45, 2.75) is 52.0 Å². The Hall–Kier alpha value is -1.88. The molecule has 0 unspecified atom stereocenters. The maximum absolute atomic E-state index is 12.7. The van der Waals surface area contributed by atoms with Crippen LogP contribution in [0.15, 0.2) is 30.3 Å². The first-order chi connectivity index (χ1) is 12.5. The second kappa shape index (κ2) is 10.3. The molecule has 0 aromatic heterocycles. The molecular weight excluding hydrogens is 326 g/mol. The van der Waals surface area contributed by atoms with Gasteiger partial charge >= 0.3 is 0 Å². The summed E-state index contributed by atoms with van der Waals surface area (Å²) in [7, 11) is 0. The summed E-state index contributed by atoms with van der Waals surface area (Å²) in [5.41, 5.74) is 6.51. The van der Waals surface area contributed by atoms with Gasteiger partial charge in [0.05, 0.1) is 0 Å². The molecule has 144 valence electrons. The Bertz CT molecular complexity index is 566. The van der Waals surface area contributed by atoms with Crippen LogP contribution < -0.4 is 16.4 Å². The van der Waals surface area contributed by atoms with E-state index < -0.39 is 6.04 Å². The summed E-state index contributed by atoms with van der Waals surface area (Å²) >= 11 is 0. The predicted octanol–water partition coefficient (Wildman–Crippen LogP) is 2.25. The van der Waals surface area contributed by atoms with E-state index in [1.807, 2.05) is 30.3 Å². The molecule has 1 aliphatic rings. The van der Waals surface area contributed by atoms with Crippen LogP contribution in [0.5, 0.6) is 0 Å². The fourth-order valence-electron chi connectivity index (χ4n) is 3.72. The molecule has 1 fully saturated rings. The molecule has 1 aromatic rings. The Labute approximate surface area is 157 Å². The molecule has 5 nitrogen and oxygen atoms in total. The third-order valence-electron chi connectivity index (χ3n) is 5.44. The minimum absolute atomic E-state index is 0.0102. The molecule has 1 atom stereocenters. The quantitative estimate of drug-likeness (QED) is 0.665. The van der Waals surface area contributed by atoms with Crippen LogP contribution in [0, 0.1) is 17.8 Å². The summed E-state index contributed by atoms with van der Waals surface area (Å²) in [5, 5.41) is 5.80. The van der Waals surface area contributed by atoms with Gasteiger partial charge in [0.1, 0.15) is 6.04 Å².